The first-order chi connectivity index (χ1) is 14.4. The van der Waals surface area contributed by atoms with E-state index in [1.807, 2.05) is 13.8 Å². The Hall–Kier alpha value is -2.99. The molecule has 0 saturated carbocycles. The van der Waals surface area contributed by atoms with Crippen LogP contribution in [0.2, 0.25) is 5.02 Å². The molecule has 1 atom stereocenters. The lowest BCUT2D eigenvalue weighted by Crippen LogP contribution is -2.30. The van der Waals surface area contributed by atoms with Crippen molar-refractivity contribution < 1.29 is 24.5 Å². The Bertz CT molecular complexity index is 1000. The first-order valence-corrected chi connectivity index (χ1v) is 10.3. The molecular formula is C23H24ClNO5. The summed E-state index contributed by atoms with van der Waals surface area (Å²) in [5.74, 6) is -1.24. The Kier molecular flexibility index (Phi) is 6.67. The highest BCUT2D eigenvalue weighted by Gasteiger charge is 2.45. The molecule has 7 heteroatoms. The third-order valence-electron chi connectivity index (χ3n) is 4.87. The Balaban J connectivity index is 2.14. The van der Waals surface area contributed by atoms with Crippen LogP contribution in [0.4, 0.5) is 0 Å². The van der Waals surface area contributed by atoms with Gasteiger partial charge < -0.3 is 19.8 Å². The van der Waals surface area contributed by atoms with Crippen LogP contribution >= 0.6 is 11.6 Å². The molecule has 1 saturated heterocycles. The molecule has 1 aliphatic rings. The van der Waals surface area contributed by atoms with E-state index in [1.54, 1.807) is 30.3 Å². The van der Waals surface area contributed by atoms with Gasteiger partial charge in [0.2, 0.25) is 0 Å². The molecule has 0 radical (unpaired) electrons. The number of phenols is 1. The van der Waals surface area contributed by atoms with Crippen LogP contribution in [-0.4, -0.2) is 40.0 Å². The van der Waals surface area contributed by atoms with Gasteiger partial charge in [0.25, 0.3) is 11.7 Å². The number of hydrogen-bond donors (Lipinski definition) is 2. The summed E-state index contributed by atoms with van der Waals surface area (Å²) in [7, 11) is 0. The predicted octanol–water partition coefficient (Wildman–Crippen LogP) is 4.67. The lowest BCUT2D eigenvalue weighted by atomic mass is 9.95. The summed E-state index contributed by atoms with van der Waals surface area (Å²) in [6.07, 6.45) is 1.47. The van der Waals surface area contributed by atoms with E-state index in [1.165, 1.54) is 17.0 Å². The van der Waals surface area contributed by atoms with Gasteiger partial charge in [0.1, 0.15) is 17.3 Å². The number of Topliss-reactive ketones (excluding diaryl/α,β-unsaturated/α-hetero) is 1. The molecule has 0 aromatic heterocycles. The van der Waals surface area contributed by atoms with Crippen molar-refractivity contribution in [3.05, 3.63) is 64.2 Å². The normalized spacial score (nSPS) is 18.1. The van der Waals surface area contributed by atoms with E-state index in [2.05, 4.69) is 0 Å². The molecule has 2 aromatic carbocycles. The number of ether oxygens (including phenoxy) is 1. The number of aromatic hydroxyl groups is 1. The Labute approximate surface area is 180 Å². The van der Waals surface area contributed by atoms with Gasteiger partial charge in [-0.2, -0.15) is 0 Å². The molecule has 1 fully saturated rings. The number of rotatable bonds is 7. The van der Waals surface area contributed by atoms with Gasteiger partial charge in [0.05, 0.1) is 23.2 Å². The molecule has 1 heterocycles. The number of amides is 1. The molecule has 0 spiro atoms. The molecule has 2 aromatic rings. The first-order valence-electron chi connectivity index (χ1n) is 9.89. The van der Waals surface area contributed by atoms with Crippen LogP contribution in [0.3, 0.4) is 0 Å². The lowest BCUT2D eigenvalue weighted by molar-refractivity contribution is -0.139. The molecule has 0 bridgehead atoms. The summed E-state index contributed by atoms with van der Waals surface area (Å²) in [4.78, 5) is 27.0. The first kappa shape index (κ1) is 21.7. The molecule has 1 aliphatic heterocycles. The number of halogens is 1. The van der Waals surface area contributed by atoms with Crippen molar-refractivity contribution in [1.82, 2.24) is 4.90 Å². The maximum atomic E-state index is 12.9. The van der Waals surface area contributed by atoms with Crippen LogP contribution in [-0.2, 0) is 9.59 Å². The molecule has 0 aliphatic carbocycles. The van der Waals surface area contributed by atoms with E-state index in [-0.39, 0.29) is 22.1 Å². The van der Waals surface area contributed by atoms with Crippen molar-refractivity contribution in [1.29, 1.82) is 0 Å². The van der Waals surface area contributed by atoms with Crippen molar-refractivity contribution in [3.63, 3.8) is 0 Å². The zero-order chi connectivity index (χ0) is 21.8. The van der Waals surface area contributed by atoms with Crippen LogP contribution in [0.5, 0.6) is 11.5 Å². The summed E-state index contributed by atoms with van der Waals surface area (Å²) in [6.45, 7) is 4.75. The van der Waals surface area contributed by atoms with Crippen molar-refractivity contribution in [3.8, 4) is 11.5 Å². The van der Waals surface area contributed by atoms with Gasteiger partial charge >= 0.3 is 0 Å². The van der Waals surface area contributed by atoms with Crippen molar-refractivity contribution in [2.75, 3.05) is 13.2 Å². The van der Waals surface area contributed by atoms with E-state index < -0.39 is 17.7 Å². The summed E-state index contributed by atoms with van der Waals surface area (Å²) in [5.41, 5.74) is 0.904. The third kappa shape index (κ3) is 4.14. The zero-order valence-corrected chi connectivity index (χ0v) is 17.6. The number of likely N-dealkylation sites (tertiary alicyclic amines) is 1. The zero-order valence-electron chi connectivity index (χ0n) is 16.9. The van der Waals surface area contributed by atoms with E-state index >= 15 is 0 Å². The summed E-state index contributed by atoms with van der Waals surface area (Å²) >= 11 is 6.07. The smallest absolute Gasteiger partial charge is 0.295 e. The SMILES string of the molecule is CCCOc1cccc(/C(O)=C2/C(=O)C(=O)N(CCC)C2c2ccc(O)c(Cl)c2)c1. The third-order valence-corrected chi connectivity index (χ3v) is 5.18. The van der Waals surface area contributed by atoms with Crippen molar-refractivity contribution in [2.24, 2.45) is 0 Å². The average molecular weight is 430 g/mol. The van der Waals surface area contributed by atoms with Gasteiger partial charge in [-0.1, -0.05) is 43.6 Å². The maximum Gasteiger partial charge on any atom is 0.295 e. The average Bonchev–Trinajstić information content (AvgIpc) is 2.99. The number of ketones is 1. The summed E-state index contributed by atoms with van der Waals surface area (Å²) in [6, 6.07) is 10.5. The van der Waals surface area contributed by atoms with Crippen molar-refractivity contribution >= 4 is 29.1 Å². The molecule has 158 valence electrons. The number of carbonyl (C=O) groups excluding carboxylic acids is 2. The number of aliphatic hydroxyl groups is 1. The second-order valence-electron chi connectivity index (χ2n) is 7.08. The minimum Gasteiger partial charge on any atom is -0.507 e. The fourth-order valence-electron chi connectivity index (χ4n) is 3.50. The van der Waals surface area contributed by atoms with Gasteiger partial charge in [-0.15, -0.1) is 0 Å². The minimum atomic E-state index is -0.803. The highest BCUT2D eigenvalue weighted by Crippen LogP contribution is 2.41. The monoisotopic (exact) mass is 429 g/mol. The number of carbonyl (C=O) groups is 2. The minimum absolute atomic E-state index is 0.0113. The van der Waals surface area contributed by atoms with E-state index in [4.69, 9.17) is 16.3 Å². The number of nitrogens with zero attached hydrogens (tertiary/aromatic N) is 1. The van der Waals surface area contributed by atoms with E-state index in [0.717, 1.165) is 6.42 Å². The second kappa shape index (κ2) is 9.22. The van der Waals surface area contributed by atoms with Crippen LogP contribution in [0.25, 0.3) is 5.76 Å². The van der Waals surface area contributed by atoms with Gasteiger partial charge in [0, 0.05) is 12.1 Å². The van der Waals surface area contributed by atoms with Gasteiger partial charge in [-0.3, -0.25) is 9.59 Å². The summed E-state index contributed by atoms with van der Waals surface area (Å²) in [5, 5.41) is 20.9. The number of aliphatic hydroxyl groups excluding tert-OH is 1. The van der Waals surface area contributed by atoms with Crippen LogP contribution in [0.15, 0.2) is 48.0 Å². The second-order valence-corrected chi connectivity index (χ2v) is 7.49. The van der Waals surface area contributed by atoms with Crippen molar-refractivity contribution in [2.45, 2.75) is 32.7 Å². The number of hydrogen-bond acceptors (Lipinski definition) is 5. The Morgan fingerprint density at radius 3 is 2.57 bits per heavy atom. The van der Waals surface area contributed by atoms with Gasteiger partial charge in [-0.05, 0) is 42.7 Å². The topological polar surface area (TPSA) is 87.1 Å². The quantitative estimate of drug-likeness (QED) is 0.379. The van der Waals surface area contributed by atoms with Crippen LogP contribution < -0.4 is 4.74 Å². The largest absolute Gasteiger partial charge is 0.507 e. The molecule has 3 rings (SSSR count). The standard InChI is InChI=1S/C23H24ClNO5/c1-3-10-25-20(14-8-9-18(26)17(24)13-14)19(22(28)23(25)29)21(27)15-6-5-7-16(12-15)30-11-4-2/h5-9,12-13,20,26-27H,3-4,10-11H2,1-2H3/b21-19-. The molecule has 1 unspecified atom stereocenters. The van der Waals surface area contributed by atoms with Gasteiger partial charge in [-0.25, -0.2) is 0 Å². The summed E-state index contributed by atoms with van der Waals surface area (Å²) < 4.78 is 5.62. The van der Waals surface area contributed by atoms with E-state index in [0.29, 0.717) is 36.4 Å². The van der Waals surface area contributed by atoms with Crippen LogP contribution in [0.1, 0.15) is 43.9 Å². The fourth-order valence-corrected chi connectivity index (χ4v) is 3.69. The maximum absolute atomic E-state index is 12.9. The molecular weight excluding hydrogens is 406 g/mol. The van der Waals surface area contributed by atoms with E-state index in [9.17, 15) is 19.8 Å². The van der Waals surface area contributed by atoms with Gasteiger partial charge in [0.15, 0.2) is 0 Å². The number of benzene rings is 2. The molecule has 30 heavy (non-hydrogen) atoms. The van der Waals surface area contributed by atoms with Crippen LogP contribution in [0, 0.1) is 0 Å². The Morgan fingerprint density at radius 2 is 1.90 bits per heavy atom. The number of phenolic OH excluding ortho intramolecular Hbond substituents is 1. The molecule has 6 nitrogen and oxygen atoms in total. The lowest BCUT2D eigenvalue weighted by Gasteiger charge is -2.25. The highest BCUT2D eigenvalue weighted by molar-refractivity contribution is 6.46. The Morgan fingerprint density at radius 1 is 1.13 bits per heavy atom. The highest BCUT2D eigenvalue weighted by atomic mass is 35.5. The predicted molar refractivity (Wildman–Crippen MR) is 115 cm³/mol. The molecule has 1 amide bonds. The molecule has 2 N–H and O–H groups in total. The fraction of sp³-hybridized carbons (Fsp3) is 0.304.